The van der Waals surface area contributed by atoms with E-state index in [4.69, 9.17) is 4.74 Å². The molecule has 2 aromatic rings. The molecule has 132 valence electrons. The van der Waals surface area contributed by atoms with Gasteiger partial charge in [0.15, 0.2) is 0 Å². The van der Waals surface area contributed by atoms with Gasteiger partial charge in [0.2, 0.25) is 0 Å². The van der Waals surface area contributed by atoms with Gasteiger partial charge in [-0.05, 0) is 24.3 Å². The minimum atomic E-state index is -0.643. The SMILES string of the molecule is O=C1COCCN1NCC(O)CN(c1ccccc1)c1ccccc1. The Bertz CT molecular complexity index is 627. The molecule has 25 heavy (non-hydrogen) atoms. The number of rotatable bonds is 7. The van der Waals surface area contributed by atoms with Gasteiger partial charge in [0.05, 0.1) is 25.8 Å². The molecular formula is C19H23N3O3. The highest BCUT2D eigenvalue weighted by molar-refractivity contribution is 5.77. The number of para-hydroxylation sites is 2. The highest BCUT2D eigenvalue weighted by Crippen LogP contribution is 2.24. The van der Waals surface area contributed by atoms with E-state index >= 15 is 0 Å². The van der Waals surface area contributed by atoms with Crippen LogP contribution in [-0.4, -0.2) is 55.0 Å². The van der Waals surface area contributed by atoms with Crippen LogP contribution in [0.2, 0.25) is 0 Å². The summed E-state index contributed by atoms with van der Waals surface area (Å²) in [7, 11) is 0. The molecule has 0 radical (unpaired) electrons. The maximum atomic E-state index is 11.7. The van der Waals surface area contributed by atoms with Crippen molar-refractivity contribution in [2.24, 2.45) is 0 Å². The molecule has 0 aliphatic carbocycles. The highest BCUT2D eigenvalue weighted by atomic mass is 16.5. The number of hydrogen-bond donors (Lipinski definition) is 2. The Balaban J connectivity index is 1.64. The Morgan fingerprint density at radius 3 is 2.24 bits per heavy atom. The molecule has 1 atom stereocenters. The molecule has 1 fully saturated rings. The summed E-state index contributed by atoms with van der Waals surface area (Å²) in [5.74, 6) is -0.110. The quantitative estimate of drug-likeness (QED) is 0.800. The second-order valence-electron chi connectivity index (χ2n) is 5.90. The van der Waals surface area contributed by atoms with Crippen molar-refractivity contribution in [1.82, 2.24) is 10.4 Å². The van der Waals surface area contributed by atoms with Gasteiger partial charge in [0.25, 0.3) is 5.91 Å². The van der Waals surface area contributed by atoms with Crippen LogP contribution in [0.5, 0.6) is 0 Å². The second kappa shape index (κ2) is 8.62. The summed E-state index contributed by atoms with van der Waals surface area (Å²) in [6, 6.07) is 19.9. The van der Waals surface area contributed by atoms with Gasteiger partial charge < -0.3 is 14.7 Å². The maximum Gasteiger partial charge on any atom is 0.262 e. The number of nitrogens with one attached hydrogen (secondary N) is 1. The van der Waals surface area contributed by atoms with E-state index in [0.717, 1.165) is 11.4 Å². The van der Waals surface area contributed by atoms with E-state index in [1.165, 1.54) is 5.01 Å². The normalized spacial score (nSPS) is 15.9. The lowest BCUT2D eigenvalue weighted by Gasteiger charge is -2.31. The van der Waals surface area contributed by atoms with E-state index in [1.54, 1.807) is 0 Å². The van der Waals surface area contributed by atoms with Crippen molar-refractivity contribution in [3.8, 4) is 0 Å². The summed E-state index contributed by atoms with van der Waals surface area (Å²) in [4.78, 5) is 13.8. The first-order valence-corrected chi connectivity index (χ1v) is 8.41. The molecule has 1 aliphatic rings. The Kier molecular flexibility index (Phi) is 6.00. The monoisotopic (exact) mass is 341 g/mol. The first-order valence-electron chi connectivity index (χ1n) is 8.41. The fraction of sp³-hybridized carbons (Fsp3) is 0.316. The number of aliphatic hydroxyl groups excluding tert-OH is 1. The van der Waals surface area contributed by atoms with Crippen LogP contribution in [0.25, 0.3) is 0 Å². The lowest BCUT2D eigenvalue weighted by atomic mass is 10.2. The Morgan fingerprint density at radius 1 is 1.08 bits per heavy atom. The Labute approximate surface area is 147 Å². The van der Waals surface area contributed by atoms with Crippen LogP contribution in [0.4, 0.5) is 11.4 Å². The third-order valence-electron chi connectivity index (χ3n) is 4.03. The zero-order chi connectivity index (χ0) is 17.5. The third-order valence-corrected chi connectivity index (χ3v) is 4.03. The first kappa shape index (κ1) is 17.4. The summed E-state index contributed by atoms with van der Waals surface area (Å²) in [5.41, 5.74) is 5.03. The van der Waals surface area contributed by atoms with Gasteiger partial charge in [0.1, 0.15) is 6.61 Å². The van der Waals surface area contributed by atoms with Crippen LogP contribution in [0.3, 0.4) is 0 Å². The average Bonchev–Trinajstić information content (AvgIpc) is 2.67. The minimum Gasteiger partial charge on any atom is -0.390 e. The van der Waals surface area contributed by atoms with Crippen LogP contribution in [0.15, 0.2) is 60.7 Å². The van der Waals surface area contributed by atoms with Gasteiger partial charge in [-0.1, -0.05) is 36.4 Å². The maximum absolute atomic E-state index is 11.7. The van der Waals surface area contributed by atoms with E-state index in [0.29, 0.717) is 26.2 Å². The fourth-order valence-electron chi connectivity index (χ4n) is 2.75. The molecule has 0 spiro atoms. The van der Waals surface area contributed by atoms with Gasteiger partial charge in [-0.25, -0.2) is 5.43 Å². The molecule has 3 rings (SSSR count). The van der Waals surface area contributed by atoms with E-state index < -0.39 is 6.10 Å². The number of ether oxygens (including phenoxy) is 1. The minimum absolute atomic E-state index is 0.0866. The van der Waals surface area contributed by atoms with Crippen molar-refractivity contribution < 1.29 is 14.6 Å². The van der Waals surface area contributed by atoms with Crippen molar-refractivity contribution in [1.29, 1.82) is 0 Å². The van der Waals surface area contributed by atoms with Crippen LogP contribution < -0.4 is 10.3 Å². The van der Waals surface area contributed by atoms with Gasteiger partial charge in [-0.15, -0.1) is 0 Å². The first-order chi connectivity index (χ1) is 12.2. The number of aliphatic hydroxyl groups is 1. The number of carbonyl (C=O) groups excluding carboxylic acids is 1. The van der Waals surface area contributed by atoms with Gasteiger partial charge >= 0.3 is 0 Å². The molecule has 0 bridgehead atoms. The van der Waals surface area contributed by atoms with Gasteiger partial charge in [-0.2, -0.15) is 0 Å². The summed E-state index contributed by atoms with van der Waals surface area (Å²) >= 11 is 0. The van der Waals surface area contributed by atoms with Crippen LogP contribution in [0.1, 0.15) is 0 Å². The predicted molar refractivity (Wildman–Crippen MR) is 96.4 cm³/mol. The van der Waals surface area contributed by atoms with E-state index in [2.05, 4.69) is 10.3 Å². The number of carbonyl (C=O) groups is 1. The summed E-state index contributed by atoms with van der Waals surface area (Å²) < 4.78 is 5.10. The van der Waals surface area contributed by atoms with E-state index in [-0.39, 0.29) is 12.5 Å². The number of nitrogens with zero attached hydrogens (tertiary/aromatic N) is 2. The Morgan fingerprint density at radius 2 is 1.68 bits per heavy atom. The van der Waals surface area contributed by atoms with Gasteiger partial charge in [0, 0.05) is 17.9 Å². The number of amides is 1. The number of morpholine rings is 1. The van der Waals surface area contributed by atoms with Crippen molar-refractivity contribution in [2.45, 2.75) is 6.10 Å². The van der Waals surface area contributed by atoms with Crippen molar-refractivity contribution in [3.05, 3.63) is 60.7 Å². The molecule has 1 unspecified atom stereocenters. The molecule has 1 aliphatic heterocycles. The summed E-state index contributed by atoms with van der Waals surface area (Å²) in [6.45, 7) is 1.80. The summed E-state index contributed by atoms with van der Waals surface area (Å²) in [6.07, 6.45) is -0.643. The average molecular weight is 341 g/mol. The third kappa shape index (κ3) is 4.79. The highest BCUT2D eigenvalue weighted by Gasteiger charge is 2.20. The molecule has 6 heteroatoms. The van der Waals surface area contributed by atoms with Crippen LogP contribution in [0, 0.1) is 0 Å². The zero-order valence-corrected chi connectivity index (χ0v) is 14.0. The molecule has 1 heterocycles. The second-order valence-corrected chi connectivity index (χ2v) is 5.90. The van der Waals surface area contributed by atoms with Crippen molar-refractivity contribution >= 4 is 17.3 Å². The number of hydrazine groups is 1. The number of anilines is 2. The fourth-order valence-corrected chi connectivity index (χ4v) is 2.75. The molecule has 2 N–H and O–H groups in total. The lowest BCUT2D eigenvalue weighted by Crippen LogP contribution is -2.52. The van der Waals surface area contributed by atoms with Crippen LogP contribution >= 0.6 is 0 Å². The molecule has 6 nitrogen and oxygen atoms in total. The molecule has 0 aromatic heterocycles. The molecule has 1 amide bonds. The van der Waals surface area contributed by atoms with Crippen molar-refractivity contribution in [2.75, 3.05) is 37.7 Å². The van der Waals surface area contributed by atoms with E-state index in [9.17, 15) is 9.90 Å². The van der Waals surface area contributed by atoms with Crippen LogP contribution in [-0.2, 0) is 9.53 Å². The molecule has 0 saturated carbocycles. The van der Waals surface area contributed by atoms with Gasteiger partial charge in [-0.3, -0.25) is 9.80 Å². The molecule has 1 saturated heterocycles. The summed E-state index contributed by atoms with van der Waals surface area (Å²) in [5, 5.41) is 12.0. The standard InChI is InChI=1S/C19H23N3O3/c23-18(13-20-22-11-12-25-15-19(22)24)14-21(16-7-3-1-4-8-16)17-9-5-2-6-10-17/h1-10,18,20,23H,11-15H2. The number of hydrogen-bond acceptors (Lipinski definition) is 5. The topological polar surface area (TPSA) is 65.0 Å². The Hall–Kier alpha value is -2.41. The zero-order valence-electron chi connectivity index (χ0n) is 14.0. The lowest BCUT2D eigenvalue weighted by molar-refractivity contribution is -0.147. The van der Waals surface area contributed by atoms with Crippen molar-refractivity contribution in [3.63, 3.8) is 0 Å². The molecular weight excluding hydrogens is 318 g/mol. The molecule has 2 aromatic carbocycles. The number of benzene rings is 2. The predicted octanol–water partition coefficient (Wildman–Crippen LogP) is 1.55. The smallest absolute Gasteiger partial charge is 0.262 e. The van der Waals surface area contributed by atoms with E-state index in [1.807, 2.05) is 60.7 Å². The largest absolute Gasteiger partial charge is 0.390 e.